The Bertz CT molecular complexity index is 800. The van der Waals surface area contributed by atoms with Crippen molar-refractivity contribution in [1.82, 2.24) is 20.2 Å². The van der Waals surface area contributed by atoms with Gasteiger partial charge in [0.15, 0.2) is 0 Å². The molecule has 0 unspecified atom stereocenters. The third-order valence-corrected chi connectivity index (χ3v) is 4.49. The minimum Gasteiger partial charge on any atom is -0.340 e. The number of benzene rings is 1. The van der Waals surface area contributed by atoms with Gasteiger partial charge in [0.1, 0.15) is 5.82 Å². The first kappa shape index (κ1) is 14.8. The van der Waals surface area contributed by atoms with Crippen LogP contribution < -0.4 is 4.90 Å². The van der Waals surface area contributed by atoms with Crippen molar-refractivity contribution in [2.75, 3.05) is 18.0 Å². The highest BCUT2D eigenvalue weighted by Gasteiger charge is 2.26. The maximum absolute atomic E-state index is 13.2. The minimum absolute atomic E-state index is 0.228. The van der Waals surface area contributed by atoms with E-state index in [1.165, 1.54) is 12.1 Å². The summed E-state index contributed by atoms with van der Waals surface area (Å²) in [4.78, 5) is 10.9. The van der Waals surface area contributed by atoms with Crippen LogP contribution in [-0.2, 0) is 0 Å². The fourth-order valence-corrected chi connectivity index (χ4v) is 3.32. The number of hydrogen-bond donors (Lipinski definition) is 1. The maximum atomic E-state index is 13.2. The number of rotatable bonds is 3. The van der Waals surface area contributed by atoms with Crippen LogP contribution in [0.1, 0.15) is 24.5 Å². The fourth-order valence-electron chi connectivity index (χ4n) is 3.32. The van der Waals surface area contributed by atoms with Crippen LogP contribution in [0.25, 0.3) is 11.1 Å². The van der Waals surface area contributed by atoms with Crippen LogP contribution in [0.2, 0.25) is 0 Å². The topological polar surface area (TPSA) is 57.7 Å². The predicted octanol–water partition coefficient (Wildman–Crippen LogP) is 3.39. The monoisotopic (exact) mass is 323 g/mol. The molecule has 0 amide bonds. The molecule has 1 aliphatic rings. The Morgan fingerprint density at radius 3 is 2.71 bits per heavy atom. The average molecular weight is 323 g/mol. The Morgan fingerprint density at radius 2 is 1.92 bits per heavy atom. The van der Waals surface area contributed by atoms with Gasteiger partial charge >= 0.3 is 0 Å². The van der Waals surface area contributed by atoms with E-state index in [1.54, 1.807) is 24.5 Å². The van der Waals surface area contributed by atoms with Gasteiger partial charge in [-0.3, -0.25) is 5.10 Å². The van der Waals surface area contributed by atoms with Gasteiger partial charge in [-0.05, 0) is 36.6 Å². The second-order valence-corrected chi connectivity index (χ2v) is 6.04. The molecule has 1 atom stereocenters. The summed E-state index contributed by atoms with van der Waals surface area (Å²) >= 11 is 0. The molecule has 1 aromatic carbocycles. The van der Waals surface area contributed by atoms with Gasteiger partial charge in [-0.1, -0.05) is 12.1 Å². The highest BCUT2D eigenvalue weighted by atomic mass is 19.1. The highest BCUT2D eigenvalue weighted by molar-refractivity contribution is 5.66. The Balaban J connectivity index is 1.60. The summed E-state index contributed by atoms with van der Waals surface area (Å²) in [5.74, 6) is 0.865. The molecule has 6 heteroatoms. The number of hydrogen-bond acceptors (Lipinski definition) is 4. The van der Waals surface area contributed by atoms with Gasteiger partial charge < -0.3 is 4.90 Å². The van der Waals surface area contributed by atoms with Crippen LogP contribution >= 0.6 is 0 Å². The van der Waals surface area contributed by atoms with Crippen LogP contribution in [0.15, 0.2) is 48.9 Å². The molecule has 5 nitrogen and oxygen atoms in total. The van der Waals surface area contributed by atoms with E-state index in [0.717, 1.165) is 48.7 Å². The van der Waals surface area contributed by atoms with E-state index in [0.29, 0.717) is 5.92 Å². The molecule has 4 rings (SSSR count). The molecule has 0 bridgehead atoms. The fraction of sp³-hybridized carbons (Fsp3) is 0.278. The lowest BCUT2D eigenvalue weighted by atomic mass is 9.91. The third kappa shape index (κ3) is 2.87. The van der Waals surface area contributed by atoms with Crippen LogP contribution in [0.4, 0.5) is 10.3 Å². The summed E-state index contributed by atoms with van der Waals surface area (Å²) in [6.07, 6.45) is 7.52. The molecule has 1 N–H and O–H groups in total. The normalized spacial score (nSPS) is 17.9. The molecule has 0 radical (unpaired) electrons. The van der Waals surface area contributed by atoms with Gasteiger partial charge in [0.05, 0.1) is 6.20 Å². The molecule has 0 aliphatic carbocycles. The van der Waals surface area contributed by atoms with Gasteiger partial charge in [-0.2, -0.15) is 5.10 Å². The number of aromatic nitrogens is 4. The molecule has 0 saturated carbocycles. The van der Waals surface area contributed by atoms with Gasteiger partial charge in [0.25, 0.3) is 0 Å². The number of nitrogens with zero attached hydrogens (tertiary/aromatic N) is 4. The number of anilines is 1. The first-order chi connectivity index (χ1) is 11.8. The van der Waals surface area contributed by atoms with E-state index >= 15 is 0 Å². The molecule has 1 saturated heterocycles. The number of piperidine rings is 1. The first-order valence-corrected chi connectivity index (χ1v) is 8.12. The van der Waals surface area contributed by atoms with Crippen molar-refractivity contribution < 1.29 is 4.39 Å². The standard InChI is InChI=1S/C18H18FN5/c19-15-6-4-13(5-7-15)16-11-22-23-17(16)14-3-1-10-24(12-14)18-20-8-2-9-21-18/h2,4-9,11,14H,1,3,10,12H2,(H,22,23)/t14-/m1/s1. The summed E-state index contributed by atoms with van der Waals surface area (Å²) in [5, 5.41) is 7.37. The minimum atomic E-state index is -0.228. The summed E-state index contributed by atoms with van der Waals surface area (Å²) in [6.45, 7) is 1.81. The van der Waals surface area contributed by atoms with Gasteiger partial charge in [0, 0.05) is 42.7 Å². The van der Waals surface area contributed by atoms with Crippen molar-refractivity contribution in [2.45, 2.75) is 18.8 Å². The number of H-pyrrole nitrogens is 1. The molecule has 0 spiro atoms. The average Bonchev–Trinajstić information content (AvgIpc) is 3.13. The van der Waals surface area contributed by atoms with Gasteiger partial charge in [-0.15, -0.1) is 0 Å². The quantitative estimate of drug-likeness (QED) is 0.803. The summed E-state index contributed by atoms with van der Waals surface area (Å²) < 4.78 is 13.2. The second kappa shape index (κ2) is 6.39. The van der Waals surface area contributed by atoms with E-state index in [4.69, 9.17) is 0 Å². The highest BCUT2D eigenvalue weighted by Crippen LogP contribution is 2.33. The van der Waals surface area contributed by atoms with E-state index in [2.05, 4.69) is 25.1 Å². The van der Waals surface area contributed by atoms with E-state index < -0.39 is 0 Å². The molecule has 24 heavy (non-hydrogen) atoms. The lowest BCUT2D eigenvalue weighted by molar-refractivity contribution is 0.495. The van der Waals surface area contributed by atoms with E-state index in [-0.39, 0.29) is 5.82 Å². The zero-order valence-corrected chi connectivity index (χ0v) is 13.2. The van der Waals surface area contributed by atoms with E-state index in [1.807, 2.05) is 12.3 Å². The van der Waals surface area contributed by atoms with Gasteiger partial charge in [-0.25, -0.2) is 14.4 Å². The zero-order valence-electron chi connectivity index (χ0n) is 13.2. The van der Waals surface area contributed by atoms with Crippen molar-refractivity contribution in [1.29, 1.82) is 0 Å². The molecule has 1 aliphatic heterocycles. The second-order valence-electron chi connectivity index (χ2n) is 6.04. The van der Waals surface area contributed by atoms with Crippen molar-refractivity contribution in [3.05, 3.63) is 60.4 Å². The first-order valence-electron chi connectivity index (χ1n) is 8.12. The Kier molecular flexibility index (Phi) is 3.94. The lowest BCUT2D eigenvalue weighted by Crippen LogP contribution is -2.35. The zero-order chi connectivity index (χ0) is 16.4. The van der Waals surface area contributed by atoms with Crippen LogP contribution in [-0.4, -0.2) is 33.3 Å². The molecule has 3 aromatic rings. The van der Waals surface area contributed by atoms with Crippen molar-refractivity contribution in [2.24, 2.45) is 0 Å². The molecular weight excluding hydrogens is 305 g/mol. The lowest BCUT2D eigenvalue weighted by Gasteiger charge is -2.32. The predicted molar refractivity (Wildman–Crippen MR) is 90.2 cm³/mol. The Morgan fingerprint density at radius 1 is 1.12 bits per heavy atom. The van der Waals surface area contributed by atoms with Crippen molar-refractivity contribution in [3.8, 4) is 11.1 Å². The molecule has 2 aromatic heterocycles. The summed E-state index contributed by atoms with van der Waals surface area (Å²) in [7, 11) is 0. The SMILES string of the molecule is Fc1ccc(-c2cn[nH]c2[C@@H]2CCCN(c3ncccn3)C2)cc1. The number of aromatic amines is 1. The van der Waals surface area contributed by atoms with E-state index in [9.17, 15) is 4.39 Å². The number of nitrogens with one attached hydrogen (secondary N) is 1. The maximum Gasteiger partial charge on any atom is 0.225 e. The van der Waals surface area contributed by atoms with Crippen LogP contribution in [0.5, 0.6) is 0 Å². The molecule has 1 fully saturated rings. The van der Waals surface area contributed by atoms with Crippen LogP contribution in [0, 0.1) is 5.82 Å². The smallest absolute Gasteiger partial charge is 0.225 e. The molecule has 3 heterocycles. The van der Waals surface area contributed by atoms with Crippen molar-refractivity contribution >= 4 is 5.95 Å². The van der Waals surface area contributed by atoms with Crippen LogP contribution in [0.3, 0.4) is 0 Å². The summed E-state index contributed by atoms with van der Waals surface area (Å²) in [5.41, 5.74) is 3.12. The Labute approximate surface area is 139 Å². The number of halogens is 1. The van der Waals surface area contributed by atoms with Crippen molar-refractivity contribution in [3.63, 3.8) is 0 Å². The largest absolute Gasteiger partial charge is 0.340 e. The summed E-state index contributed by atoms with van der Waals surface area (Å²) in [6, 6.07) is 8.38. The Hall–Kier alpha value is -2.76. The van der Waals surface area contributed by atoms with Gasteiger partial charge in [0.2, 0.25) is 5.95 Å². The molecular formula is C18H18FN5. The molecule has 122 valence electrons. The third-order valence-electron chi connectivity index (χ3n) is 4.49.